The second-order valence-electron chi connectivity index (χ2n) is 25.5. The molecule has 9 rings (SSSR count). The SMILES string of the molecule is C=C(C)[C@@H]1CC[C@]2(C(=O)O[C@@H]3O[C@H](CO)[C@@H](O)[C@H](O)[C@H]3O)CC[C@]3(C)[C@H](CC[C@@H]4[C@@]5(C)CC[C@H](O[C@@H]6O[C@H](CO[C@@H]7O[C@H](CO)[C@@H](O[C@@H]8O[C@@H](C)[C@H](O)[C@@H](O)[C@H]8O)[C@H](O)[C@H]7O)[C@@H](O)[C@H](O)[C@H]6O)[C@@](C)(C(=O)O)[C@@H]5CC[C@]43C)[C@@H]12. The number of allylic oxidation sites excluding steroid dienone is 1. The lowest BCUT2D eigenvalue weighted by atomic mass is 9.32. The van der Waals surface area contributed by atoms with Gasteiger partial charge >= 0.3 is 11.9 Å². The van der Waals surface area contributed by atoms with Crippen LogP contribution in [0.25, 0.3) is 0 Å². The fourth-order valence-corrected chi connectivity index (χ4v) is 17.2. The van der Waals surface area contributed by atoms with Crippen LogP contribution in [-0.2, 0) is 47.5 Å². The Morgan fingerprint density at radius 1 is 0.564 bits per heavy atom. The lowest BCUT2D eigenvalue weighted by Crippen LogP contribution is -2.69. The van der Waals surface area contributed by atoms with Crippen LogP contribution in [0.4, 0.5) is 0 Å². The average molecular weight is 1120 g/mol. The highest BCUT2D eigenvalue weighted by Gasteiger charge is 2.74. The quantitative estimate of drug-likeness (QED) is 0.0534. The van der Waals surface area contributed by atoms with Crippen LogP contribution in [0.1, 0.15) is 106 Å². The van der Waals surface area contributed by atoms with Crippen molar-refractivity contribution in [1.82, 2.24) is 0 Å². The fraction of sp³-hybridized carbons (Fsp3) is 0.926. The highest BCUT2D eigenvalue weighted by atomic mass is 16.8. The Hall–Kier alpha value is -2.12. The number of rotatable bonds is 13. The first-order valence-corrected chi connectivity index (χ1v) is 27.9. The molecule has 0 spiro atoms. The van der Waals surface area contributed by atoms with Crippen molar-refractivity contribution in [3.8, 4) is 0 Å². The normalized spacial score (nSPS) is 55.2. The Kier molecular flexibility index (Phi) is 17.2. The van der Waals surface area contributed by atoms with Gasteiger partial charge in [0.25, 0.3) is 0 Å². The molecule has 78 heavy (non-hydrogen) atoms. The summed E-state index contributed by atoms with van der Waals surface area (Å²) in [5.74, 6) is -2.31. The molecule has 0 aromatic carbocycles. The molecule has 0 unspecified atom stereocenters. The van der Waals surface area contributed by atoms with Crippen LogP contribution in [0.15, 0.2) is 12.2 Å². The summed E-state index contributed by atoms with van der Waals surface area (Å²) in [5.41, 5.74) is -2.81. The standard InChI is InChI=1S/C54H86O24/c1-21(2)23-10-15-54(49(70)78-47-41(66)36(61)33(58)25(18-55)73-47)17-16-51(5)24(31(23)54)8-9-28-50(4)13-12-30(53(7,48(68)69)29(50)11-14-52(28,51)6)76-46-40(65)37(62)34(59)27(75-46)20-71-44-42(67)38(63)43(26(19-56)74-44)77-45-39(64)35(60)32(57)22(3)72-45/h22-47,55-67H,1,8-20H2,2-7H3,(H,68,69)/t22-,23-,24+,25+,26+,27+,28+,29+,30-,31+,32-,33+,34+,35+,36-,37-,38+,39+,40+,41+,42+,43+,44+,45-,46-,47-,50+,51+,52+,53-,54-/m0/s1. The third-order valence-corrected chi connectivity index (χ3v) is 21.9. The summed E-state index contributed by atoms with van der Waals surface area (Å²) in [7, 11) is 0. The molecular weight excluding hydrogens is 1030 g/mol. The Morgan fingerprint density at radius 3 is 1.77 bits per heavy atom. The fourth-order valence-electron chi connectivity index (χ4n) is 17.2. The van der Waals surface area contributed by atoms with Gasteiger partial charge in [0.1, 0.15) is 91.6 Å². The van der Waals surface area contributed by atoms with Crippen LogP contribution in [0.5, 0.6) is 0 Å². The first-order chi connectivity index (χ1) is 36.6. The zero-order valence-corrected chi connectivity index (χ0v) is 45.3. The largest absolute Gasteiger partial charge is 0.481 e. The van der Waals surface area contributed by atoms with Crippen LogP contribution in [-0.4, -0.2) is 232 Å². The molecule has 446 valence electrons. The minimum absolute atomic E-state index is 0.0150. The maximum Gasteiger partial charge on any atom is 0.314 e. The van der Waals surface area contributed by atoms with Gasteiger partial charge < -0.3 is 109 Å². The molecule has 24 heteroatoms. The monoisotopic (exact) mass is 1120 g/mol. The summed E-state index contributed by atoms with van der Waals surface area (Å²) >= 11 is 0. The van der Waals surface area contributed by atoms with E-state index in [9.17, 15) is 81.1 Å². The van der Waals surface area contributed by atoms with Crippen LogP contribution in [0, 0.1) is 56.7 Å². The molecule has 31 atom stereocenters. The molecule has 9 fully saturated rings. The summed E-state index contributed by atoms with van der Waals surface area (Å²) in [6.07, 6.45) is -28.0. The number of esters is 1. The first-order valence-electron chi connectivity index (χ1n) is 27.9. The number of carbonyl (C=O) groups is 2. The van der Waals surface area contributed by atoms with E-state index >= 15 is 0 Å². The number of carbonyl (C=O) groups excluding carboxylic acids is 1. The van der Waals surface area contributed by atoms with E-state index in [0.717, 1.165) is 18.4 Å². The van der Waals surface area contributed by atoms with E-state index < -0.39 is 183 Å². The number of aliphatic hydroxyl groups excluding tert-OH is 13. The molecule has 0 aromatic rings. The molecule has 4 aliphatic heterocycles. The van der Waals surface area contributed by atoms with Gasteiger partial charge in [0.05, 0.1) is 42.9 Å². The lowest BCUT2D eigenvalue weighted by Gasteiger charge is -2.72. The van der Waals surface area contributed by atoms with E-state index in [-0.39, 0.29) is 40.9 Å². The van der Waals surface area contributed by atoms with Gasteiger partial charge in [0.2, 0.25) is 6.29 Å². The second-order valence-corrected chi connectivity index (χ2v) is 25.5. The van der Waals surface area contributed by atoms with Gasteiger partial charge in [0, 0.05) is 0 Å². The van der Waals surface area contributed by atoms with Gasteiger partial charge in [-0.1, -0.05) is 32.9 Å². The van der Waals surface area contributed by atoms with E-state index in [1.165, 1.54) is 6.92 Å². The van der Waals surface area contributed by atoms with Gasteiger partial charge in [-0.2, -0.15) is 0 Å². The summed E-state index contributed by atoms with van der Waals surface area (Å²) in [4.78, 5) is 28.7. The van der Waals surface area contributed by atoms with Crippen LogP contribution < -0.4 is 0 Å². The zero-order chi connectivity index (χ0) is 57.1. The summed E-state index contributed by atoms with van der Waals surface area (Å²) in [6.45, 7) is 14.1. The van der Waals surface area contributed by atoms with Gasteiger partial charge in [0.15, 0.2) is 18.9 Å². The molecule has 4 heterocycles. The maximum atomic E-state index is 14.7. The van der Waals surface area contributed by atoms with Crippen molar-refractivity contribution in [3.05, 3.63) is 12.2 Å². The lowest BCUT2D eigenvalue weighted by molar-refractivity contribution is -0.365. The number of aliphatic hydroxyl groups is 13. The molecule has 0 bridgehead atoms. The summed E-state index contributed by atoms with van der Waals surface area (Å²) in [6, 6.07) is 0. The van der Waals surface area contributed by atoms with E-state index in [2.05, 4.69) is 27.4 Å². The van der Waals surface area contributed by atoms with Gasteiger partial charge in [-0.15, -0.1) is 0 Å². The van der Waals surface area contributed by atoms with Crippen molar-refractivity contribution in [2.75, 3.05) is 19.8 Å². The molecule has 0 amide bonds. The van der Waals surface area contributed by atoms with E-state index in [4.69, 9.17) is 37.9 Å². The molecule has 0 aromatic heterocycles. The van der Waals surface area contributed by atoms with Crippen molar-refractivity contribution in [2.24, 2.45) is 56.7 Å². The van der Waals surface area contributed by atoms with Crippen molar-refractivity contribution in [2.45, 2.75) is 235 Å². The molecule has 0 radical (unpaired) electrons. The molecule has 4 saturated heterocycles. The highest BCUT2D eigenvalue weighted by molar-refractivity contribution is 5.79. The summed E-state index contributed by atoms with van der Waals surface area (Å²) < 4.78 is 46.8. The number of hydrogen-bond acceptors (Lipinski definition) is 23. The second kappa shape index (κ2) is 22.1. The summed E-state index contributed by atoms with van der Waals surface area (Å²) in [5, 5.41) is 150. The van der Waals surface area contributed by atoms with Crippen molar-refractivity contribution in [3.63, 3.8) is 0 Å². The zero-order valence-electron chi connectivity index (χ0n) is 45.3. The minimum atomic E-state index is -1.89. The number of fused-ring (bicyclic) bond motifs is 7. The van der Waals surface area contributed by atoms with Gasteiger partial charge in [-0.05, 0) is 131 Å². The molecule has 9 aliphatic rings. The van der Waals surface area contributed by atoms with Gasteiger partial charge in [-0.25, -0.2) is 0 Å². The Labute approximate surface area is 453 Å². The average Bonchev–Trinajstić information content (AvgIpc) is 2.80. The van der Waals surface area contributed by atoms with Crippen LogP contribution >= 0.6 is 0 Å². The predicted molar refractivity (Wildman–Crippen MR) is 263 cm³/mol. The smallest absolute Gasteiger partial charge is 0.314 e. The van der Waals surface area contributed by atoms with Crippen molar-refractivity contribution >= 4 is 11.9 Å². The van der Waals surface area contributed by atoms with Gasteiger partial charge in [-0.3, -0.25) is 9.59 Å². The van der Waals surface area contributed by atoms with Crippen molar-refractivity contribution in [1.29, 1.82) is 0 Å². The van der Waals surface area contributed by atoms with Crippen LogP contribution in [0.2, 0.25) is 0 Å². The van der Waals surface area contributed by atoms with Crippen LogP contribution in [0.3, 0.4) is 0 Å². The molecule has 5 aliphatic carbocycles. The Balaban J connectivity index is 0.889. The molecule has 24 nitrogen and oxygen atoms in total. The highest BCUT2D eigenvalue weighted by Crippen LogP contribution is 2.78. The van der Waals surface area contributed by atoms with E-state index in [1.807, 2.05) is 6.92 Å². The molecule has 5 saturated carbocycles. The minimum Gasteiger partial charge on any atom is -0.481 e. The van der Waals surface area contributed by atoms with E-state index in [1.54, 1.807) is 6.92 Å². The topological polar surface area (TPSA) is 391 Å². The Morgan fingerprint density at radius 2 is 1.14 bits per heavy atom. The number of hydrogen-bond donors (Lipinski definition) is 14. The first kappa shape index (κ1) is 60.5. The molecule has 14 N–H and O–H groups in total. The number of carboxylic acid groups (broad SMARTS) is 1. The van der Waals surface area contributed by atoms with E-state index in [0.29, 0.717) is 44.9 Å². The maximum absolute atomic E-state index is 14.7. The molecular formula is C54H86O24. The van der Waals surface area contributed by atoms with Crippen molar-refractivity contribution < 1.29 is 119 Å². The predicted octanol–water partition coefficient (Wildman–Crippen LogP) is -2.09. The number of ether oxygens (including phenoxy) is 8. The Bertz CT molecular complexity index is 2170. The number of aliphatic carboxylic acids is 1. The third kappa shape index (κ3) is 9.44. The number of carboxylic acids is 1. The third-order valence-electron chi connectivity index (χ3n) is 21.9.